The Kier molecular flexibility index (Phi) is 4.15. The van der Waals surface area contributed by atoms with E-state index < -0.39 is 5.82 Å². The van der Waals surface area contributed by atoms with Crippen LogP contribution in [-0.2, 0) is 9.53 Å². The maximum atomic E-state index is 12.9. The van der Waals surface area contributed by atoms with E-state index in [9.17, 15) is 9.18 Å². The molecule has 98 valence electrons. The number of halogens is 1. The Morgan fingerprint density at radius 3 is 2.89 bits per heavy atom. The molecule has 4 nitrogen and oxygen atoms in total. The monoisotopic (exact) mass is 252 g/mol. The molecular weight excluding hydrogens is 235 g/mol. The van der Waals surface area contributed by atoms with Crippen molar-refractivity contribution in [2.45, 2.75) is 31.8 Å². The molecule has 1 fully saturated rings. The molecule has 2 rings (SSSR count). The van der Waals surface area contributed by atoms with Crippen LogP contribution in [0, 0.1) is 5.82 Å². The first-order chi connectivity index (χ1) is 8.65. The zero-order chi connectivity index (χ0) is 13.0. The lowest BCUT2D eigenvalue weighted by Gasteiger charge is -2.25. The number of anilines is 2. The van der Waals surface area contributed by atoms with Crippen molar-refractivity contribution in [1.29, 1.82) is 0 Å². The van der Waals surface area contributed by atoms with Crippen LogP contribution in [0.4, 0.5) is 15.8 Å². The van der Waals surface area contributed by atoms with Gasteiger partial charge in [-0.2, -0.15) is 0 Å². The number of ether oxygens (including phenoxy) is 1. The SMILES string of the molecule is Nc1cc(NC(=O)CCOC2CCC2)ccc1F. The van der Waals surface area contributed by atoms with E-state index >= 15 is 0 Å². The number of amides is 1. The predicted octanol–water partition coefficient (Wildman–Crippen LogP) is 2.31. The smallest absolute Gasteiger partial charge is 0.226 e. The van der Waals surface area contributed by atoms with E-state index in [1.807, 2.05) is 0 Å². The highest BCUT2D eigenvalue weighted by Crippen LogP contribution is 2.22. The zero-order valence-electron chi connectivity index (χ0n) is 10.1. The number of nitrogens with one attached hydrogen (secondary N) is 1. The predicted molar refractivity (Wildman–Crippen MR) is 67.7 cm³/mol. The first-order valence-corrected chi connectivity index (χ1v) is 6.11. The Balaban J connectivity index is 1.73. The van der Waals surface area contributed by atoms with Crippen LogP contribution >= 0.6 is 0 Å². The van der Waals surface area contributed by atoms with Gasteiger partial charge in [-0.05, 0) is 37.5 Å². The maximum absolute atomic E-state index is 12.9. The molecular formula is C13H17FN2O2. The van der Waals surface area contributed by atoms with E-state index in [4.69, 9.17) is 10.5 Å². The summed E-state index contributed by atoms with van der Waals surface area (Å²) in [5.74, 6) is -0.637. The molecule has 0 aliphatic heterocycles. The summed E-state index contributed by atoms with van der Waals surface area (Å²) in [5, 5.41) is 2.65. The summed E-state index contributed by atoms with van der Waals surface area (Å²) in [6.45, 7) is 0.424. The van der Waals surface area contributed by atoms with Gasteiger partial charge in [0.15, 0.2) is 0 Å². The largest absolute Gasteiger partial charge is 0.396 e. The standard InChI is InChI=1S/C13H17FN2O2/c14-11-5-4-9(8-12(11)15)16-13(17)6-7-18-10-2-1-3-10/h4-5,8,10H,1-3,6-7,15H2,(H,16,17). The van der Waals surface area contributed by atoms with Crippen molar-refractivity contribution in [1.82, 2.24) is 0 Å². The fraction of sp³-hybridized carbons (Fsp3) is 0.462. The van der Waals surface area contributed by atoms with Gasteiger partial charge in [0.25, 0.3) is 0 Å². The average molecular weight is 252 g/mol. The second kappa shape index (κ2) is 5.82. The molecule has 5 heteroatoms. The topological polar surface area (TPSA) is 64.3 Å². The number of nitrogens with two attached hydrogens (primary N) is 1. The van der Waals surface area contributed by atoms with Gasteiger partial charge in [-0.1, -0.05) is 0 Å². The van der Waals surface area contributed by atoms with Crippen LogP contribution in [0.15, 0.2) is 18.2 Å². The summed E-state index contributed by atoms with van der Waals surface area (Å²) >= 11 is 0. The molecule has 1 aliphatic rings. The third kappa shape index (κ3) is 3.43. The molecule has 0 radical (unpaired) electrons. The van der Waals surface area contributed by atoms with E-state index in [2.05, 4.69) is 5.32 Å². The first-order valence-electron chi connectivity index (χ1n) is 6.11. The third-order valence-electron chi connectivity index (χ3n) is 3.01. The van der Waals surface area contributed by atoms with Gasteiger partial charge in [0.05, 0.1) is 24.8 Å². The molecule has 0 bridgehead atoms. The summed E-state index contributed by atoms with van der Waals surface area (Å²) in [6, 6.07) is 4.12. The molecule has 0 atom stereocenters. The van der Waals surface area contributed by atoms with E-state index in [1.165, 1.54) is 24.6 Å². The summed E-state index contributed by atoms with van der Waals surface area (Å²) in [6.07, 6.45) is 4.03. The van der Waals surface area contributed by atoms with Crippen LogP contribution in [0.5, 0.6) is 0 Å². The van der Waals surface area contributed by atoms with Crippen molar-refractivity contribution < 1.29 is 13.9 Å². The van der Waals surface area contributed by atoms with Gasteiger partial charge in [0.1, 0.15) is 5.82 Å². The number of nitrogen functional groups attached to an aromatic ring is 1. The summed E-state index contributed by atoms with van der Waals surface area (Å²) < 4.78 is 18.4. The normalized spacial score (nSPS) is 15.2. The molecule has 0 aromatic heterocycles. The van der Waals surface area contributed by atoms with Crippen molar-refractivity contribution in [2.24, 2.45) is 0 Å². The van der Waals surface area contributed by atoms with Gasteiger partial charge in [-0.25, -0.2) is 4.39 Å². The molecule has 1 aliphatic carbocycles. The number of rotatable bonds is 5. The van der Waals surface area contributed by atoms with Gasteiger partial charge in [-0.3, -0.25) is 4.79 Å². The number of carbonyl (C=O) groups is 1. The molecule has 1 amide bonds. The molecule has 0 spiro atoms. The van der Waals surface area contributed by atoms with E-state index in [0.717, 1.165) is 12.8 Å². The minimum atomic E-state index is -0.485. The summed E-state index contributed by atoms with van der Waals surface area (Å²) in [5.41, 5.74) is 5.94. The summed E-state index contributed by atoms with van der Waals surface area (Å²) in [4.78, 5) is 11.6. The fourth-order valence-electron chi connectivity index (χ4n) is 1.70. The Morgan fingerprint density at radius 2 is 2.28 bits per heavy atom. The van der Waals surface area contributed by atoms with Gasteiger partial charge >= 0.3 is 0 Å². The van der Waals surface area contributed by atoms with Gasteiger partial charge in [-0.15, -0.1) is 0 Å². The maximum Gasteiger partial charge on any atom is 0.226 e. The van der Waals surface area contributed by atoms with Crippen molar-refractivity contribution in [3.63, 3.8) is 0 Å². The molecule has 0 saturated heterocycles. The Morgan fingerprint density at radius 1 is 1.50 bits per heavy atom. The van der Waals surface area contributed by atoms with Crippen LogP contribution < -0.4 is 11.1 Å². The van der Waals surface area contributed by atoms with Gasteiger partial charge in [0.2, 0.25) is 5.91 Å². The van der Waals surface area contributed by atoms with Crippen molar-refractivity contribution in [3.8, 4) is 0 Å². The molecule has 3 N–H and O–H groups in total. The number of carbonyl (C=O) groups excluding carboxylic acids is 1. The molecule has 1 aromatic carbocycles. The van der Waals surface area contributed by atoms with Crippen molar-refractivity contribution in [2.75, 3.05) is 17.7 Å². The van der Waals surface area contributed by atoms with Crippen molar-refractivity contribution >= 4 is 17.3 Å². The highest BCUT2D eigenvalue weighted by molar-refractivity contribution is 5.91. The van der Waals surface area contributed by atoms with Crippen LogP contribution in [0.1, 0.15) is 25.7 Å². The minimum absolute atomic E-state index is 0.0264. The quantitative estimate of drug-likeness (QED) is 0.790. The molecule has 0 unspecified atom stereocenters. The van der Waals surface area contributed by atoms with Gasteiger partial charge < -0.3 is 15.8 Å². The van der Waals surface area contributed by atoms with Crippen LogP contribution in [0.3, 0.4) is 0 Å². The van der Waals surface area contributed by atoms with E-state index in [1.54, 1.807) is 0 Å². The average Bonchev–Trinajstić information content (AvgIpc) is 2.27. The van der Waals surface area contributed by atoms with E-state index in [0.29, 0.717) is 24.8 Å². The Hall–Kier alpha value is -1.62. The Bertz CT molecular complexity index is 433. The number of hydrogen-bond donors (Lipinski definition) is 2. The Labute approximate surface area is 105 Å². The second-order valence-corrected chi connectivity index (χ2v) is 4.46. The highest BCUT2D eigenvalue weighted by atomic mass is 19.1. The molecule has 1 saturated carbocycles. The van der Waals surface area contributed by atoms with Crippen LogP contribution in [-0.4, -0.2) is 18.6 Å². The summed E-state index contributed by atoms with van der Waals surface area (Å²) in [7, 11) is 0. The number of benzene rings is 1. The van der Waals surface area contributed by atoms with Gasteiger partial charge in [0, 0.05) is 5.69 Å². The third-order valence-corrected chi connectivity index (χ3v) is 3.01. The molecule has 0 heterocycles. The first kappa shape index (κ1) is 12.8. The molecule has 1 aromatic rings. The highest BCUT2D eigenvalue weighted by Gasteiger charge is 2.17. The van der Waals surface area contributed by atoms with Crippen LogP contribution in [0.2, 0.25) is 0 Å². The zero-order valence-corrected chi connectivity index (χ0v) is 10.1. The number of hydrogen-bond acceptors (Lipinski definition) is 3. The molecule has 18 heavy (non-hydrogen) atoms. The lowest BCUT2D eigenvalue weighted by molar-refractivity contribution is -0.118. The van der Waals surface area contributed by atoms with Crippen molar-refractivity contribution in [3.05, 3.63) is 24.0 Å². The lowest BCUT2D eigenvalue weighted by Crippen LogP contribution is -2.24. The second-order valence-electron chi connectivity index (χ2n) is 4.46. The van der Waals surface area contributed by atoms with E-state index in [-0.39, 0.29) is 11.6 Å². The fourth-order valence-corrected chi connectivity index (χ4v) is 1.70. The van der Waals surface area contributed by atoms with Crippen LogP contribution in [0.25, 0.3) is 0 Å². The lowest BCUT2D eigenvalue weighted by atomic mass is 9.96. The minimum Gasteiger partial charge on any atom is -0.396 e.